The molecule has 7 heteroatoms. The van der Waals surface area contributed by atoms with Gasteiger partial charge in [-0.2, -0.15) is 0 Å². The molecule has 94 valence electrons. The van der Waals surface area contributed by atoms with Crippen molar-refractivity contribution in [1.82, 2.24) is 9.55 Å². The topological polar surface area (TPSA) is 90.2 Å². The van der Waals surface area contributed by atoms with Gasteiger partial charge in [0.15, 0.2) is 0 Å². The molecule has 0 saturated carbocycles. The summed E-state index contributed by atoms with van der Waals surface area (Å²) in [4.78, 5) is 24.6. The van der Waals surface area contributed by atoms with E-state index in [0.717, 1.165) is 0 Å². The Bertz CT molecular complexity index is 668. The summed E-state index contributed by atoms with van der Waals surface area (Å²) in [6.45, 7) is 1.90. The summed E-state index contributed by atoms with van der Waals surface area (Å²) in [5, 5.41) is 10.7. The molecule has 0 bridgehead atoms. The SMILES string of the molecule is O=c1[nH]c2cc([N+](=O)[O-])ccc2n1CC1COC1. The van der Waals surface area contributed by atoms with Crippen molar-refractivity contribution in [2.24, 2.45) is 5.92 Å². The highest BCUT2D eigenvalue weighted by molar-refractivity contribution is 5.77. The van der Waals surface area contributed by atoms with E-state index in [9.17, 15) is 14.9 Å². The van der Waals surface area contributed by atoms with E-state index in [1.807, 2.05) is 0 Å². The zero-order valence-corrected chi connectivity index (χ0v) is 9.46. The molecular formula is C11H11N3O4. The van der Waals surface area contributed by atoms with Gasteiger partial charge in [0.25, 0.3) is 5.69 Å². The minimum absolute atomic E-state index is 0.0251. The van der Waals surface area contributed by atoms with E-state index in [1.165, 1.54) is 12.1 Å². The number of hydrogen-bond donors (Lipinski definition) is 1. The van der Waals surface area contributed by atoms with Crippen LogP contribution in [0, 0.1) is 16.0 Å². The summed E-state index contributed by atoms with van der Waals surface area (Å²) in [5.74, 6) is 0.344. The number of nitro benzene ring substituents is 1. The van der Waals surface area contributed by atoms with Crippen molar-refractivity contribution in [3.05, 3.63) is 38.8 Å². The molecule has 1 fully saturated rings. The summed E-state index contributed by atoms with van der Waals surface area (Å²) in [7, 11) is 0. The third-order valence-electron chi connectivity index (χ3n) is 3.12. The van der Waals surface area contributed by atoms with Crippen molar-refractivity contribution in [2.45, 2.75) is 6.54 Å². The Morgan fingerprint density at radius 3 is 2.89 bits per heavy atom. The van der Waals surface area contributed by atoms with Gasteiger partial charge in [-0.15, -0.1) is 0 Å². The minimum Gasteiger partial charge on any atom is -0.381 e. The number of H-pyrrole nitrogens is 1. The molecular weight excluding hydrogens is 238 g/mol. The predicted molar refractivity (Wildman–Crippen MR) is 63.5 cm³/mol. The average molecular weight is 249 g/mol. The van der Waals surface area contributed by atoms with Crippen LogP contribution in [0.2, 0.25) is 0 Å². The molecule has 1 aromatic carbocycles. The second kappa shape index (κ2) is 3.95. The number of non-ortho nitro benzene ring substituents is 1. The fourth-order valence-corrected chi connectivity index (χ4v) is 2.09. The summed E-state index contributed by atoms with van der Waals surface area (Å²) in [6.07, 6.45) is 0. The number of nitrogens with one attached hydrogen (secondary N) is 1. The first-order chi connectivity index (χ1) is 8.65. The quantitative estimate of drug-likeness (QED) is 0.646. The van der Waals surface area contributed by atoms with Crippen LogP contribution >= 0.6 is 0 Å². The number of rotatable bonds is 3. The number of ether oxygens (including phenoxy) is 1. The molecule has 0 spiro atoms. The van der Waals surface area contributed by atoms with Gasteiger partial charge in [-0.3, -0.25) is 14.7 Å². The summed E-state index contributed by atoms with van der Waals surface area (Å²) < 4.78 is 6.67. The third-order valence-corrected chi connectivity index (χ3v) is 3.12. The van der Waals surface area contributed by atoms with E-state index in [2.05, 4.69) is 4.98 Å². The van der Waals surface area contributed by atoms with Gasteiger partial charge in [-0.1, -0.05) is 0 Å². The van der Waals surface area contributed by atoms with Crippen LogP contribution in [0.1, 0.15) is 0 Å². The second-order valence-electron chi connectivity index (χ2n) is 4.40. The molecule has 0 radical (unpaired) electrons. The first-order valence-electron chi connectivity index (χ1n) is 5.60. The molecule has 1 N–H and O–H groups in total. The van der Waals surface area contributed by atoms with Crippen LogP contribution in [0.4, 0.5) is 5.69 Å². The molecule has 18 heavy (non-hydrogen) atoms. The van der Waals surface area contributed by atoms with E-state index in [0.29, 0.717) is 36.7 Å². The molecule has 1 aromatic heterocycles. The normalized spacial score (nSPS) is 15.8. The lowest BCUT2D eigenvalue weighted by molar-refractivity contribution is -0.384. The first kappa shape index (κ1) is 11.0. The van der Waals surface area contributed by atoms with Crippen LogP contribution < -0.4 is 5.69 Å². The molecule has 0 atom stereocenters. The number of nitrogens with zero attached hydrogens (tertiary/aromatic N) is 2. The Kier molecular flexibility index (Phi) is 2.41. The molecule has 1 aliphatic rings. The first-order valence-corrected chi connectivity index (χ1v) is 5.60. The van der Waals surface area contributed by atoms with Gasteiger partial charge >= 0.3 is 5.69 Å². The highest BCUT2D eigenvalue weighted by Crippen LogP contribution is 2.20. The summed E-state index contributed by atoms with van der Waals surface area (Å²) >= 11 is 0. The maximum absolute atomic E-state index is 11.8. The average Bonchev–Trinajstić information content (AvgIpc) is 2.58. The largest absolute Gasteiger partial charge is 0.381 e. The maximum Gasteiger partial charge on any atom is 0.326 e. The van der Waals surface area contributed by atoms with Crippen molar-refractivity contribution in [1.29, 1.82) is 0 Å². The van der Waals surface area contributed by atoms with Crippen LogP contribution in [0.25, 0.3) is 11.0 Å². The molecule has 7 nitrogen and oxygen atoms in total. The Morgan fingerprint density at radius 2 is 2.28 bits per heavy atom. The van der Waals surface area contributed by atoms with Crippen LogP contribution in [0.5, 0.6) is 0 Å². The number of aromatic amines is 1. The van der Waals surface area contributed by atoms with E-state index < -0.39 is 4.92 Å². The van der Waals surface area contributed by atoms with E-state index >= 15 is 0 Å². The third kappa shape index (κ3) is 1.68. The van der Waals surface area contributed by atoms with Crippen LogP contribution in [0.3, 0.4) is 0 Å². The second-order valence-corrected chi connectivity index (χ2v) is 4.40. The highest BCUT2D eigenvalue weighted by atomic mass is 16.6. The van der Waals surface area contributed by atoms with Gasteiger partial charge in [0.2, 0.25) is 0 Å². The predicted octanol–water partition coefficient (Wildman–Crippen LogP) is 0.884. The van der Waals surface area contributed by atoms with Crippen LogP contribution in [-0.2, 0) is 11.3 Å². The fraction of sp³-hybridized carbons (Fsp3) is 0.364. The number of nitro groups is 1. The highest BCUT2D eigenvalue weighted by Gasteiger charge is 2.21. The Hall–Kier alpha value is -2.15. The Morgan fingerprint density at radius 1 is 1.50 bits per heavy atom. The number of imidazole rings is 1. The van der Waals surface area contributed by atoms with E-state index in [1.54, 1.807) is 10.6 Å². The van der Waals surface area contributed by atoms with Crippen LogP contribution in [-0.4, -0.2) is 27.7 Å². The molecule has 1 saturated heterocycles. The Balaban J connectivity index is 2.06. The molecule has 0 amide bonds. The van der Waals surface area contributed by atoms with Crippen molar-refractivity contribution < 1.29 is 9.66 Å². The standard InChI is InChI=1S/C11H11N3O4/c15-11-12-9-3-8(14(16)17)1-2-10(9)13(11)4-7-5-18-6-7/h1-3,7H,4-6H2,(H,12,15). The molecule has 0 aliphatic carbocycles. The monoisotopic (exact) mass is 249 g/mol. The lowest BCUT2D eigenvalue weighted by Gasteiger charge is -2.25. The van der Waals surface area contributed by atoms with Crippen molar-refractivity contribution in [2.75, 3.05) is 13.2 Å². The number of aromatic nitrogens is 2. The van der Waals surface area contributed by atoms with Crippen molar-refractivity contribution >= 4 is 16.7 Å². The van der Waals surface area contributed by atoms with Gasteiger partial charge in [0.05, 0.1) is 29.2 Å². The zero-order chi connectivity index (χ0) is 12.7. The summed E-state index contributed by atoms with van der Waals surface area (Å²) in [5.41, 5.74) is 0.923. The molecule has 2 aromatic rings. The lowest BCUT2D eigenvalue weighted by atomic mass is 10.1. The van der Waals surface area contributed by atoms with Gasteiger partial charge in [-0.05, 0) is 6.07 Å². The molecule has 3 rings (SSSR count). The fourth-order valence-electron chi connectivity index (χ4n) is 2.09. The Labute approximate surface area is 101 Å². The number of benzene rings is 1. The van der Waals surface area contributed by atoms with Gasteiger partial charge in [0.1, 0.15) is 0 Å². The maximum atomic E-state index is 11.8. The zero-order valence-electron chi connectivity index (χ0n) is 9.46. The number of fused-ring (bicyclic) bond motifs is 1. The van der Waals surface area contributed by atoms with Crippen LogP contribution in [0.15, 0.2) is 23.0 Å². The van der Waals surface area contributed by atoms with E-state index in [-0.39, 0.29) is 11.4 Å². The molecule has 2 heterocycles. The van der Waals surface area contributed by atoms with Crippen molar-refractivity contribution in [3.8, 4) is 0 Å². The van der Waals surface area contributed by atoms with Gasteiger partial charge < -0.3 is 9.72 Å². The van der Waals surface area contributed by atoms with Gasteiger partial charge in [0, 0.05) is 24.6 Å². The summed E-state index contributed by atoms with van der Waals surface area (Å²) in [6, 6.07) is 4.39. The minimum atomic E-state index is -0.477. The smallest absolute Gasteiger partial charge is 0.326 e. The van der Waals surface area contributed by atoms with E-state index in [4.69, 9.17) is 4.74 Å². The van der Waals surface area contributed by atoms with Crippen molar-refractivity contribution in [3.63, 3.8) is 0 Å². The molecule has 0 unspecified atom stereocenters. The molecule has 1 aliphatic heterocycles. The van der Waals surface area contributed by atoms with Gasteiger partial charge in [-0.25, -0.2) is 4.79 Å². The number of hydrogen-bond acceptors (Lipinski definition) is 4. The lowest BCUT2D eigenvalue weighted by Crippen LogP contribution is -2.34.